The molecule has 2 rings (SSSR count). The van der Waals surface area contributed by atoms with Crippen LogP contribution in [0.3, 0.4) is 0 Å². The standard InChI is InChI=1S/C13H20N4O.C8H10O2/c1-3-7-17-13(18)12(16)11(15)9-6-4-5-8(2)10(9)14;1-9-7-5-3-4-6-8(7)10-2/h4-6H,3,7,14-16H2,1-2H3,(H,17,18);3-6H,1-2H3/b12-11+;. The van der Waals surface area contributed by atoms with Crippen molar-refractivity contribution in [3.05, 3.63) is 59.3 Å². The van der Waals surface area contributed by atoms with Gasteiger partial charge in [0.1, 0.15) is 5.70 Å². The molecule has 7 nitrogen and oxygen atoms in total. The van der Waals surface area contributed by atoms with E-state index in [-0.39, 0.29) is 17.3 Å². The number of hydrogen-bond acceptors (Lipinski definition) is 6. The molecule has 2 aromatic rings. The van der Waals surface area contributed by atoms with Crippen LogP contribution in [0, 0.1) is 6.92 Å². The number of anilines is 1. The Bertz CT molecular complexity index is 796. The van der Waals surface area contributed by atoms with E-state index >= 15 is 0 Å². The first-order valence-corrected chi connectivity index (χ1v) is 8.93. The van der Waals surface area contributed by atoms with Crippen LogP contribution in [0.4, 0.5) is 5.69 Å². The molecule has 0 saturated carbocycles. The molecular weight excluding hydrogens is 356 g/mol. The fourth-order valence-corrected chi connectivity index (χ4v) is 2.30. The van der Waals surface area contributed by atoms with Crippen LogP contribution in [0.2, 0.25) is 0 Å². The highest BCUT2D eigenvalue weighted by Crippen LogP contribution is 2.24. The summed E-state index contributed by atoms with van der Waals surface area (Å²) in [5.74, 6) is 1.17. The van der Waals surface area contributed by atoms with Crippen LogP contribution < -0.4 is 32.0 Å². The Balaban J connectivity index is 0.000000330. The number of carbonyl (C=O) groups excluding carboxylic acids is 1. The Kier molecular flexibility index (Phi) is 9.22. The van der Waals surface area contributed by atoms with Gasteiger partial charge in [-0.3, -0.25) is 4.79 Å². The summed E-state index contributed by atoms with van der Waals surface area (Å²) in [5.41, 5.74) is 19.8. The second-order valence-corrected chi connectivity index (χ2v) is 5.97. The monoisotopic (exact) mass is 386 g/mol. The summed E-state index contributed by atoms with van der Waals surface area (Å²) in [5, 5.41) is 2.67. The minimum Gasteiger partial charge on any atom is -0.493 e. The summed E-state index contributed by atoms with van der Waals surface area (Å²) in [6.07, 6.45) is 0.839. The zero-order chi connectivity index (χ0) is 21.1. The zero-order valence-electron chi connectivity index (χ0n) is 16.9. The maximum Gasteiger partial charge on any atom is 0.269 e. The van der Waals surface area contributed by atoms with Gasteiger partial charge >= 0.3 is 0 Å². The number of methoxy groups -OCH3 is 2. The Morgan fingerprint density at radius 2 is 1.57 bits per heavy atom. The smallest absolute Gasteiger partial charge is 0.269 e. The minimum absolute atomic E-state index is 0.000694. The second kappa shape index (κ2) is 11.4. The molecule has 0 aliphatic carbocycles. The maximum absolute atomic E-state index is 11.7. The molecule has 7 N–H and O–H groups in total. The lowest BCUT2D eigenvalue weighted by Gasteiger charge is -2.11. The Morgan fingerprint density at radius 3 is 2.07 bits per heavy atom. The summed E-state index contributed by atoms with van der Waals surface area (Å²) in [4.78, 5) is 11.7. The summed E-state index contributed by atoms with van der Waals surface area (Å²) in [6, 6.07) is 13.0. The van der Waals surface area contributed by atoms with Crippen molar-refractivity contribution in [3.8, 4) is 11.5 Å². The minimum atomic E-state index is -0.366. The Morgan fingerprint density at radius 1 is 1.00 bits per heavy atom. The van der Waals surface area contributed by atoms with Crippen molar-refractivity contribution in [3.63, 3.8) is 0 Å². The first-order chi connectivity index (χ1) is 13.4. The first-order valence-electron chi connectivity index (χ1n) is 8.93. The third-order valence-corrected chi connectivity index (χ3v) is 3.97. The first kappa shape index (κ1) is 22.7. The summed E-state index contributed by atoms with van der Waals surface area (Å²) < 4.78 is 10.0. The number of nitrogens with two attached hydrogens (primary N) is 3. The quantitative estimate of drug-likeness (QED) is 0.446. The molecule has 0 heterocycles. The number of rotatable bonds is 6. The van der Waals surface area contributed by atoms with Crippen molar-refractivity contribution in [2.75, 3.05) is 26.5 Å². The molecule has 0 radical (unpaired) electrons. The number of ether oxygens (including phenoxy) is 2. The van der Waals surface area contributed by atoms with Crippen molar-refractivity contribution >= 4 is 17.3 Å². The molecule has 152 valence electrons. The molecule has 0 saturated heterocycles. The van der Waals surface area contributed by atoms with Crippen LogP contribution in [0.1, 0.15) is 24.5 Å². The zero-order valence-corrected chi connectivity index (χ0v) is 16.9. The van der Waals surface area contributed by atoms with Gasteiger partial charge in [0.05, 0.1) is 19.9 Å². The highest BCUT2D eigenvalue weighted by atomic mass is 16.5. The third kappa shape index (κ3) is 6.12. The fraction of sp³-hybridized carbons (Fsp3) is 0.286. The molecule has 0 aromatic heterocycles. The molecule has 0 unspecified atom stereocenters. The van der Waals surface area contributed by atoms with Gasteiger partial charge in [0, 0.05) is 17.8 Å². The van der Waals surface area contributed by atoms with Crippen molar-refractivity contribution in [2.45, 2.75) is 20.3 Å². The van der Waals surface area contributed by atoms with E-state index in [1.807, 2.05) is 50.2 Å². The average Bonchev–Trinajstić information content (AvgIpc) is 2.73. The van der Waals surface area contributed by atoms with Gasteiger partial charge in [-0.05, 0) is 31.0 Å². The van der Waals surface area contributed by atoms with Crippen LogP contribution >= 0.6 is 0 Å². The average molecular weight is 386 g/mol. The van der Waals surface area contributed by atoms with E-state index in [2.05, 4.69) is 5.32 Å². The molecule has 0 aliphatic heterocycles. The second-order valence-electron chi connectivity index (χ2n) is 5.97. The van der Waals surface area contributed by atoms with E-state index in [0.29, 0.717) is 17.8 Å². The molecule has 0 aliphatic rings. The van der Waals surface area contributed by atoms with Gasteiger partial charge in [-0.2, -0.15) is 0 Å². The predicted molar refractivity (Wildman–Crippen MR) is 114 cm³/mol. The van der Waals surface area contributed by atoms with E-state index in [9.17, 15) is 4.79 Å². The van der Waals surface area contributed by atoms with Crippen molar-refractivity contribution in [1.82, 2.24) is 5.32 Å². The number of hydrogen-bond donors (Lipinski definition) is 4. The molecule has 0 spiro atoms. The van der Waals surface area contributed by atoms with E-state index in [0.717, 1.165) is 23.5 Å². The van der Waals surface area contributed by atoms with E-state index < -0.39 is 0 Å². The van der Waals surface area contributed by atoms with Gasteiger partial charge in [-0.1, -0.05) is 37.3 Å². The molecule has 0 atom stereocenters. The van der Waals surface area contributed by atoms with Crippen molar-refractivity contribution in [2.24, 2.45) is 11.5 Å². The van der Waals surface area contributed by atoms with Crippen LogP contribution in [0.5, 0.6) is 11.5 Å². The molecule has 28 heavy (non-hydrogen) atoms. The lowest BCUT2D eigenvalue weighted by Crippen LogP contribution is -2.31. The van der Waals surface area contributed by atoms with Gasteiger partial charge in [-0.15, -0.1) is 0 Å². The summed E-state index contributed by atoms with van der Waals surface area (Å²) in [6.45, 7) is 4.40. The molecule has 0 bridgehead atoms. The van der Waals surface area contributed by atoms with E-state index in [1.165, 1.54) is 0 Å². The Hall–Kier alpha value is -3.35. The topological polar surface area (TPSA) is 126 Å². The van der Waals surface area contributed by atoms with E-state index in [4.69, 9.17) is 26.7 Å². The molecule has 1 amide bonds. The highest BCUT2D eigenvalue weighted by Gasteiger charge is 2.13. The van der Waals surface area contributed by atoms with Gasteiger partial charge < -0.3 is 32.0 Å². The van der Waals surface area contributed by atoms with Gasteiger partial charge in [0.2, 0.25) is 0 Å². The normalized spacial score (nSPS) is 10.9. The van der Waals surface area contributed by atoms with Crippen LogP contribution in [0.25, 0.3) is 5.70 Å². The van der Waals surface area contributed by atoms with Gasteiger partial charge in [-0.25, -0.2) is 0 Å². The lowest BCUT2D eigenvalue weighted by atomic mass is 10.0. The van der Waals surface area contributed by atoms with Crippen molar-refractivity contribution < 1.29 is 14.3 Å². The molecule has 2 aromatic carbocycles. The lowest BCUT2D eigenvalue weighted by molar-refractivity contribution is -0.117. The van der Waals surface area contributed by atoms with Gasteiger partial charge in [0.15, 0.2) is 11.5 Å². The third-order valence-electron chi connectivity index (χ3n) is 3.97. The van der Waals surface area contributed by atoms with Crippen molar-refractivity contribution in [1.29, 1.82) is 0 Å². The number of aryl methyl sites for hydroxylation is 1. The van der Waals surface area contributed by atoms with Crippen LogP contribution in [0.15, 0.2) is 48.2 Å². The fourth-order valence-electron chi connectivity index (χ4n) is 2.30. The molecule has 0 fully saturated rings. The largest absolute Gasteiger partial charge is 0.493 e. The SMILES string of the molecule is CCCNC(=O)/C(N)=C(\N)c1cccc(C)c1N.COc1ccccc1OC. The summed E-state index contributed by atoms with van der Waals surface area (Å²) >= 11 is 0. The molecular formula is C21H30N4O3. The summed E-state index contributed by atoms with van der Waals surface area (Å²) in [7, 11) is 3.25. The number of carbonyl (C=O) groups is 1. The van der Waals surface area contributed by atoms with Crippen LogP contribution in [-0.4, -0.2) is 26.7 Å². The van der Waals surface area contributed by atoms with E-state index in [1.54, 1.807) is 20.3 Å². The molecule has 7 heteroatoms. The van der Waals surface area contributed by atoms with Gasteiger partial charge in [0.25, 0.3) is 5.91 Å². The number of nitrogen functional groups attached to an aromatic ring is 1. The Labute approximate surface area is 166 Å². The number of para-hydroxylation sites is 3. The highest BCUT2D eigenvalue weighted by molar-refractivity contribution is 6.00. The number of benzene rings is 2. The maximum atomic E-state index is 11.7. The predicted octanol–water partition coefficient (Wildman–Crippen LogP) is 2.39. The van der Waals surface area contributed by atoms with Crippen LogP contribution in [-0.2, 0) is 4.79 Å². The number of nitrogens with one attached hydrogen (secondary N) is 1. The number of amides is 1.